The Kier molecular flexibility index (Phi) is 4.50. The third-order valence-corrected chi connectivity index (χ3v) is 13.7. The van der Waals surface area contributed by atoms with Crippen LogP contribution in [0.4, 0.5) is 28.4 Å². The van der Waals surface area contributed by atoms with Crippen LogP contribution in [0.1, 0.15) is 69.4 Å². The van der Waals surface area contributed by atoms with Gasteiger partial charge in [0.2, 0.25) is 0 Å². The molecule has 2 nitrogen and oxygen atoms in total. The van der Waals surface area contributed by atoms with E-state index < -0.39 is 0 Å². The van der Waals surface area contributed by atoms with Crippen LogP contribution in [0, 0.1) is 0 Å². The zero-order valence-corrected chi connectivity index (χ0v) is 26.2. The Bertz CT molecular complexity index is 2020. The van der Waals surface area contributed by atoms with Crippen LogP contribution in [0.5, 0.6) is 0 Å². The quantitative estimate of drug-likeness (QED) is 0.182. The summed E-state index contributed by atoms with van der Waals surface area (Å²) in [5.41, 5.74) is 16.0. The Labute approximate surface area is 259 Å². The Hall–Kier alpha value is -3.76. The minimum absolute atomic E-state index is 0.0272. The average Bonchev–Trinajstić information content (AvgIpc) is 3.60. The molecule has 0 spiro atoms. The minimum Gasteiger partial charge on any atom is -0.335 e. The van der Waals surface area contributed by atoms with Gasteiger partial charge in [-0.05, 0) is 71.6 Å². The molecule has 10 rings (SSSR count). The van der Waals surface area contributed by atoms with Crippen molar-refractivity contribution in [3.63, 3.8) is 0 Å². The van der Waals surface area contributed by atoms with Gasteiger partial charge in [-0.25, -0.2) is 0 Å². The van der Waals surface area contributed by atoms with Gasteiger partial charge in [0.25, 0.3) is 6.71 Å². The Balaban J connectivity index is 1.36. The van der Waals surface area contributed by atoms with Gasteiger partial charge in [-0.3, -0.25) is 0 Å². The van der Waals surface area contributed by atoms with Crippen LogP contribution < -0.4 is 25.5 Å². The Morgan fingerprint density at radius 1 is 0.698 bits per heavy atom. The fraction of sp³-hybridized carbons (Fsp3) is 0.282. The van der Waals surface area contributed by atoms with Gasteiger partial charge in [0.15, 0.2) is 0 Å². The molecule has 2 atom stereocenters. The summed E-state index contributed by atoms with van der Waals surface area (Å²) in [6.07, 6.45) is 5.10. The molecular weight excluding hydrogens is 539 g/mol. The molecule has 1 aromatic heterocycles. The van der Waals surface area contributed by atoms with Crippen molar-refractivity contribution in [2.45, 2.75) is 69.7 Å². The average molecular weight is 575 g/mol. The van der Waals surface area contributed by atoms with Crippen LogP contribution in [0.25, 0.3) is 11.1 Å². The lowest BCUT2D eigenvalue weighted by Crippen LogP contribution is -2.63. The van der Waals surface area contributed by atoms with Crippen LogP contribution in [0.2, 0.25) is 0 Å². The summed E-state index contributed by atoms with van der Waals surface area (Å²) in [4.78, 5) is 6.96. The van der Waals surface area contributed by atoms with Gasteiger partial charge in [-0.2, -0.15) is 11.3 Å². The highest BCUT2D eigenvalue weighted by Crippen LogP contribution is 2.63. The molecule has 5 aliphatic rings. The van der Waals surface area contributed by atoms with E-state index in [1.165, 1.54) is 91.4 Å². The van der Waals surface area contributed by atoms with Crippen molar-refractivity contribution in [2.75, 3.05) is 9.80 Å². The number of anilines is 5. The Morgan fingerprint density at radius 2 is 1.44 bits per heavy atom. The van der Waals surface area contributed by atoms with E-state index in [0.717, 1.165) is 0 Å². The maximum absolute atomic E-state index is 2.82. The second-order valence-electron chi connectivity index (χ2n) is 14.4. The van der Waals surface area contributed by atoms with E-state index >= 15 is 0 Å². The largest absolute Gasteiger partial charge is 0.335 e. The Morgan fingerprint density at radius 3 is 2.30 bits per heavy atom. The van der Waals surface area contributed by atoms with Gasteiger partial charge in [0, 0.05) is 48.8 Å². The summed E-state index contributed by atoms with van der Waals surface area (Å²) >= 11 is 2.08. The summed E-state index contributed by atoms with van der Waals surface area (Å²) in [6.45, 7) is 10.2. The molecule has 4 heteroatoms. The number of nitrogens with zero attached hydrogens (tertiary/aromatic N) is 2. The first-order valence-corrected chi connectivity index (χ1v) is 16.9. The summed E-state index contributed by atoms with van der Waals surface area (Å²) < 4.78 is 1.51. The number of rotatable bonds is 1. The molecule has 4 aromatic carbocycles. The number of hydrogen-bond acceptors (Lipinski definition) is 3. The number of fused-ring (bicyclic) bond motifs is 12. The molecule has 2 unspecified atom stereocenters. The second-order valence-corrected chi connectivity index (χ2v) is 15.4. The molecule has 0 amide bonds. The molecule has 1 saturated carbocycles. The maximum Gasteiger partial charge on any atom is 0.264 e. The molecule has 0 bridgehead atoms. The standard InChI is InChI=1S/C39H35BN2S/c1-37(2)26-17-9-8-16-25(26)31-34-36(43-35(31)37)40-28-18-10-11-19-29(28)42-33-27(38(3)22-12-13-23-39(38,42)4)20-21-30(32(33)40)41(34)24-14-6-5-7-15-24/h5-11,14-21H,12-13,22-23H2,1-4H3. The van der Waals surface area contributed by atoms with E-state index in [4.69, 9.17) is 0 Å². The number of thiophene rings is 1. The first-order valence-electron chi connectivity index (χ1n) is 16.0. The van der Waals surface area contributed by atoms with E-state index in [0.29, 0.717) is 0 Å². The summed E-state index contributed by atoms with van der Waals surface area (Å²) in [6, 6.07) is 34.7. The van der Waals surface area contributed by atoms with Gasteiger partial charge < -0.3 is 9.80 Å². The van der Waals surface area contributed by atoms with Crippen molar-refractivity contribution in [1.29, 1.82) is 0 Å². The zero-order chi connectivity index (χ0) is 28.9. The van der Waals surface area contributed by atoms with Crippen LogP contribution in [0.15, 0.2) is 91.0 Å². The molecule has 43 heavy (non-hydrogen) atoms. The maximum atomic E-state index is 2.82. The van der Waals surface area contributed by atoms with Gasteiger partial charge in [-0.1, -0.05) is 100 Å². The zero-order valence-electron chi connectivity index (χ0n) is 25.4. The molecule has 0 N–H and O–H groups in total. The topological polar surface area (TPSA) is 6.48 Å². The van der Waals surface area contributed by atoms with Crippen LogP contribution in [-0.2, 0) is 10.8 Å². The van der Waals surface area contributed by atoms with E-state index in [1.54, 1.807) is 5.56 Å². The summed E-state index contributed by atoms with van der Waals surface area (Å²) in [7, 11) is 0. The molecule has 3 aliphatic heterocycles. The molecule has 5 aromatic rings. The minimum atomic E-state index is -0.0272. The molecule has 1 fully saturated rings. The van der Waals surface area contributed by atoms with Crippen molar-refractivity contribution in [2.24, 2.45) is 0 Å². The number of hydrogen-bond donors (Lipinski definition) is 0. The van der Waals surface area contributed by atoms with E-state index in [2.05, 4.69) is 140 Å². The van der Waals surface area contributed by atoms with Crippen LogP contribution in [-0.4, -0.2) is 12.3 Å². The molecule has 210 valence electrons. The van der Waals surface area contributed by atoms with Gasteiger partial charge in [0.1, 0.15) is 0 Å². The lowest BCUT2D eigenvalue weighted by Gasteiger charge is -2.52. The number of para-hydroxylation sites is 2. The van der Waals surface area contributed by atoms with Gasteiger partial charge in [0.05, 0.1) is 11.2 Å². The third kappa shape index (κ3) is 2.67. The molecular formula is C39H35BN2S. The van der Waals surface area contributed by atoms with Crippen molar-refractivity contribution in [1.82, 2.24) is 0 Å². The summed E-state index contributed by atoms with van der Waals surface area (Å²) in [5.74, 6) is 0. The third-order valence-electron chi connectivity index (χ3n) is 12.1. The highest BCUT2D eigenvalue weighted by atomic mass is 32.1. The smallest absolute Gasteiger partial charge is 0.264 e. The fourth-order valence-corrected chi connectivity index (χ4v) is 11.5. The predicted octanol–water partition coefficient (Wildman–Crippen LogP) is 8.41. The normalized spacial score (nSPS) is 24.6. The van der Waals surface area contributed by atoms with E-state index in [1.807, 2.05) is 0 Å². The second kappa shape index (κ2) is 7.84. The van der Waals surface area contributed by atoms with E-state index in [-0.39, 0.29) is 23.1 Å². The first-order chi connectivity index (χ1) is 20.9. The molecule has 0 radical (unpaired) electrons. The monoisotopic (exact) mass is 574 g/mol. The van der Waals surface area contributed by atoms with Crippen molar-refractivity contribution in [3.05, 3.63) is 107 Å². The highest BCUT2D eigenvalue weighted by Gasteiger charge is 2.62. The van der Waals surface area contributed by atoms with E-state index in [9.17, 15) is 0 Å². The molecule has 2 aliphatic carbocycles. The highest BCUT2D eigenvalue weighted by molar-refractivity contribution is 7.29. The predicted molar refractivity (Wildman–Crippen MR) is 184 cm³/mol. The van der Waals surface area contributed by atoms with Gasteiger partial charge >= 0.3 is 0 Å². The SMILES string of the molecule is CC1(C)c2ccccc2-c2c1sc1c2N(c2ccccc2)c2ccc3c4c2B1c1ccccc1N4C1(C)CCCCC31C. The fourth-order valence-electron chi connectivity index (χ4n) is 9.92. The molecule has 0 saturated heterocycles. The van der Waals surface area contributed by atoms with Gasteiger partial charge in [-0.15, -0.1) is 0 Å². The van der Waals surface area contributed by atoms with Crippen LogP contribution in [0.3, 0.4) is 0 Å². The van der Waals surface area contributed by atoms with Crippen molar-refractivity contribution in [3.8, 4) is 11.1 Å². The summed E-state index contributed by atoms with van der Waals surface area (Å²) in [5, 5.41) is 0. The lowest BCUT2D eigenvalue weighted by molar-refractivity contribution is 0.195. The first kappa shape index (κ1) is 24.7. The lowest BCUT2D eigenvalue weighted by atomic mass is 9.36. The molecule has 4 heterocycles. The van der Waals surface area contributed by atoms with Crippen molar-refractivity contribution >= 4 is 62.2 Å². The van der Waals surface area contributed by atoms with Crippen molar-refractivity contribution < 1.29 is 0 Å². The number of benzene rings is 4. The van der Waals surface area contributed by atoms with Crippen LogP contribution >= 0.6 is 11.3 Å².